The largest absolute Gasteiger partial charge is 0.476 e. The summed E-state index contributed by atoms with van der Waals surface area (Å²) in [6, 6.07) is -0.819. The minimum absolute atomic E-state index is 0.481. The van der Waals surface area contributed by atoms with Crippen LogP contribution < -0.4 is 0 Å². The van der Waals surface area contributed by atoms with Gasteiger partial charge in [-0.15, -0.1) is 0 Å². The molecular weight excluding hydrogens is 130 g/mol. The van der Waals surface area contributed by atoms with E-state index in [0.29, 0.717) is 6.42 Å². The van der Waals surface area contributed by atoms with Gasteiger partial charge in [-0.25, -0.2) is 11.4 Å². The molecule has 0 rings (SSSR count). The number of hydrogen-bond acceptors (Lipinski definition) is 1. The van der Waals surface area contributed by atoms with Crippen LogP contribution in [0, 0.1) is 6.57 Å². The monoisotopic (exact) mass is 141 g/mol. The van der Waals surface area contributed by atoms with Crippen LogP contribution in [0.1, 0.15) is 26.2 Å². The van der Waals surface area contributed by atoms with Gasteiger partial charge in [-0.3, -0.25) is 0 Å². The van der Waals surface area contributed by atoms with Crippen molar-refractivity contribution in [2.24, 2.45) is 0 Å². The van der Waals surface area contributed by atoms with E-state index in [-0.39, 0.29) is 0 Å². The molecule has 0 aliphatic rings. The van der Waals surface area contributed by atoms with Crippen molar-refractivity contribution in [2.75, 3.05) is 0 Å². The third-order valence-corrected chi connectivity index (χ3v) is 1.27. The quantitative estimate of drug-likeness (QED) is 0.603. The summed E-state index contributed by atoms with van der Waals surface area (Å²) >= 11 is 0. The number of nitrogens with zero attached hydrogens (tertiary/aromatic N) is 1. The highest BCUT2D eigenvalue weighted by molar-refractivity contribution is 5.75. The highest BCUT2D eigenvalue weighted by Gasteiger charge is 2.20. The van der Waals surface area contributed by atoms with Crippen molar-refractivity contribution in [1.82, 2.24) is 0 Å². The average Bonchev–Trinajstić information content (AvgIpc) is 1.89. The fraction of sp³-hybridized carbons (Fsp3) is 0.714. The van der Waals surface area contributed by atoms with Gasteiger partial charge in [-0.2, -0.15) is 0 Å². The van der Waals surface area contributed by atoms with Crippen LogP contribution in [0.25, 0.3) is 4.85 Å². The molecule has 0 bridgehead atoms. The van der Waals surface area contributed by atoms with Gasteiger partial charge in [-0.1, -0.05) is 13.3 Å². The Bertz CT molecular complexity index is 148. The summed E-state index contributed by atoms with van der Waals surface area (Å²) in [6.07, 6.45) is 2.24. The van der Waals surface area contributed by atoms with Crippen molar-refractivity contribution in [3.05, 3.63) is 11.4 Å². The number of rotatable bonds is 4. The molecule has 10 heavy (non-hydrogen) atoms. The molecule has 0 spiro atoms. The van der Waals surface area contributed by atoms with Gasteiger partial charge in [0.25, 0.3) is 0 Å². The summed E-state index contributed by atoms with van der Waals surface area (Å²) in [6.45, 7) is 8.49. The van der Waals surface area contributed by atoms with Crippen molar-refractivity contribution in [2.45, 2.75) is 32.2 Å². The maximum atomic E-state index is 10.2. The van der Waals surface area contributed by atoms with Gasteiger partial charge in [0.15, 0.2) is 0 Å². The summed E-state index contributed by atoms with van der Waals surface area (Å²) in [7, 11) is 0. The highest BCUT2D eigenvalue weighted by Crippen LogP contribution is 2.03. The normalized spacial score (nSPS) is 12.0. The average molecular weight is 141 g/mol. The summed E-state index contributed by atoms with van der Waals surface area (Å²) in [5, 5.41) is 8.39. The summed E-state index contributed by atoms with van der Waals surface area (Å²) in [5.41, 5.74) is 0. The number of carboxylic acids is 1. The Morgan fingerprint density at radius 3 is 2.70 bits per heavy atom. The minimum Gasteiger partial charge on any atom is -0.476 e. The third kappa shape index (κ3) is 3.08. The topological polar surface area (TPSA) is 41.7 Å². The molecule has 1 unspecified atom stereocenters. The fourth-order valence-electron chi connectivity index (χ4n) is 0.641. The highest BCUT2D eigenvalue weighted by atomic mass is 16.4. The molecule has 1 N–H and O–H groups in total. The molecule has 0 aliphatic heterocycles. The second-order valence-corrected chi connectivity index (χ2v) is 2.13. The van der Waals surface area contributed by atoms with Gasteiger partial charge in [0.05, 0.1) is 0 Å². The van der Waals surface area contributed by atoms with Crippen LogP contribution in [-0.4, -0.2) is 17.1 Å². The zero-order chi connectivity index (χ0) is 7.98. The van der Waals surface area contributed by atoms with Crippen LogP contribution in [0.15, 0.2) is 0 Å². The summed E-state index contributed by atoms with van der Waals surface area (Å²) < 4.78 is 0. The van der Waals surface area contributed by atoms with Crippen molar-refractivity contribution in [3.63, 3.8) is 0 Å². The van der Waals surface area contributed by atoms with Crippen molar-refractivity contribution in [1.29, 1.82) is 0 Å². The number of hydrogen-bond donors (Lipinski definition) is 1. The minimum atomic E-state index is -0.997. The van der Waals surface area contributed by atoms with E-state index in [4.69, 9.17) is 11.7 Å². The van der Waals surface area contributed by atoms with Gasteiger partial charge in [-0.05, 0) is 6.42 Å². The van der Waals surface area contributed by atoms with Crippen molar-refractivity contribution in [3.8, 4) is 0 Å². The fourth-order valence-corrected chi connectivity index (χ4v) is 0.641. The molecule has 0 aromatic heterocycles. The summed E-state index contributed by atoms with van der Waals surface area (Å²) in [4.78, 5) is 13.2. The molecule has 1 atom stereocenters. The van der Waals surface area contributed by atoms with Crippen LogP contribution in [0.2, 0.25) is 0 Å². The van der Waals surface area contributed by atoms with Crippen LogP contribution in [0.3, 0.4) is 0 Å². The predicted molar refractivity (Wildman–Crippen MR) is 37.6 cm³/mol. The number of aliphatic carboxylic acids is 1. The van der Waals surface area contributed by atoms with Crippen molar-refractivity contribution < 1.29 is 9.90 Å². The molecule has 0 heterocycles. The van der Waals surface area contributed by atoms with Crippen molar-refractivity contribution >= 4 is 5.97 Å². The molecule has 3 nitrogen and oxygen atoms in total. The first-order chi connectivity index (χ1) is 4.72. The first-order valence-electron chi connectivity index (χ1n) is 3.31. The van der Waals surface area contributed by atoms with Gasteiger partial charge >= 0.3 is 12.0 Å². The Labute approximate surface area is 60.5 Å². The van der Waals surface area contributed by atoms with E-state index in [2.05, 4.69) is 4.85 Å². The molecule has 0 aromatic carbocycles. The lowest BCUT2D eigenvalue weighted by molar-refractivity contribution is -0.137. The first kappa shape index (κ1) is 8.96. The molecule has 0 aliphatic carbocycles. The zero-order valence-electron chi connectivity index (χ0n) is 6.00. The van der Waals surface area contributed by atoms with Gasteiger partial charge in [0, 0.05) is 6.42 Å². The lowest BCUT2D eigenvalue weighted by Gasteiger charge is -1.96. The Kier molecular flexibility index (Phi) is 4.30. The number of carbonyl (C=O) groups is 1. The number of unbranched alkanes of at least 4 members (excludes halogenated alkanes) is 1. The number of carboxylic acid groups (broad SMARTS) is 1. The Morgan fingerprint density at radius 2 is 2.40 bits per heavy atom. The van der Waals surface area contributed by atoms with E-state index in [1.165, 1.54) is 0 Å². The maximum absolute atomic E-state index is 10.2. The van der Waals surface area contributed by atoms with Crippen LogP contribution >= 0.6 is 0 Å². The Hall–Kier alpha value is -1.04. The van der Waals surface area contributed by atoms with Crippen LogP contribution in [0.5, 0.6) is 0 Å². The van der Waals surface area contributed by atoms with E-state index < -0.39 is 12.0 Å². The zero-order valence-corrected chi connectivity index (χ0v) is 6.00. The first-order valence-corrected chi connectivity index (χ1v) is 3.31. The molecular formula is C7H11NO2. The lowest BCUT2D eigenvalue weighted by Crippen LogP contribution is -2.15. The molecule has 0 radical (unpaired) electrons. The molecule has 0 saturated heterocycles. The van der Waals surface area contributed by atoms with Gasteiger partial charge in [0.2, 0.25) is 0 Å². The van der Waals surface area contributed by atoms with E-state index in [0.717, 1.165) is 12.8 Å². The molecule has 0 saturated carbocycles. The molecule has 0 amide bonds. The molecule has 0 aromatic rings. The Balaban J connectivity index is 3.64. The van der Waals surface area contributed by atoms with Crippen LogP contribution in [-0.2, 0) is 4.79 Å². The molecule has 3 heteroatoms. The standard InChI is InChI=1S/C7H11NO2/c1-3-4-5-6(8-2)7(9)10/h6H,3-5H2,1H3,(H,9,10). The summed E-state index contributed by atoms with van der Waals surface area (Å²) in [5.74, 6) is -0.997. The van der Waals surface area contributed by atoms with E-state index in [9.17, 15) is 4.79 Å². The van der Waals surface area contributed by atoms with Gasteiger partial charge in [0.1, 0.15) is 0 Å². The second-order valence-electron chi connectivity index (χ2n) is 2.13. The van der Waals surface area contributed by atoms with Gasteiger partial charge < -0.3 is 9.95 Å². The lowest BCUT2D eigenvalue weighted by atomic mass is 10.1. The Morgan fingerprint density at radius 1 is 1.80 bits per heavy atom. The van der Waals surface area contributed by atoms with E-state index in [1.54, 1.807) is 0 Å². The third-order valence-electron chi connectivity index (χ3n) is 1.27. The smallest absolute Gasteiger partial charge is 0.387 e. The van der Waals surface area contributed by atoms with E-state index >= 15 is 0 Å². The second kappa shape index (κ2) is 4.80. The maximum Gasteiger partial charge on any atom is 0.387 e. The molecule has 0 fully saturated rings. The SMILES string of the molecule is [C-]#[N+]C(CCCC)C(=O)O. The van der Waals surface area contributed by atoms with E-state index in [1.807, 2.05) is 6.92 Å². The molecule has 56 valence electrons. The predicted octanol–water partition coefficient (Wildman–Crippen LogP) is 1.55. The van der Waals surface area contributed by atoms with Crippen LogP contribution in [0.4, 0.5) is 0 Å².